The Hall–Kier alpha value is 0. The summed E-state index contributed by atoms with van der Waals surface area (Å²) in [4.78, 5) is 0. The molecule has 2 atom stereocenters. The number of rotatable bonds is 1. The van der Waals surface area contributed by atoms with E-state index in [2.05, 4.69) is 27.7 Å². The molecule has 0 bridgehead atoms. The van der Waals surface area contributed by atoms with Gasteiger partial charge in [0.05, 0.1) is 0 Å². The summed E-state index contributed by atoms with van der Waals surface area (Å²) in [5.74, 6) is 1.95. The van der Waals surface area contributed by atoms with Crippen molar-refractivity contribution in [2.45, 2.75) is 60.8 Å². The van der Waals surface area contributed by atoms with Crippen LogP contribution in [0, 0.1) is 17.3 Å². The predicted molar refractivity (Wildman–Crippen MR) is 57.3 cm³/mol. The average Bonchev–Trinajstić information content (AvgIpc) is 2.32. The molecule has 0 aliphatic heterocycles. The third kappa shape index (κ3) is 2.50. The van der Waals surface area contributed by atoms with Crippen LogP contribution < -0.4 is 0 Å². The summed E-state index contributed by atoms with van der Waals surface area (Å²) in [5.41, 5.74) is 0.626. The highest BCUT2D eigenvalue weighted by Gasteiger charge is 2.37. The van der Waals surface area contributed by atoms with Gasteiger partial charge in [-0.25, -0.2) is 0 Å². The smallest absolute Gasteiger partial charge is 0.0326 e. The van der Waals surface area contributed by atoms with Crippen molar-refractivity contribution in [3.05, 3.63) is 0 Å². The summed E-state index contributed by atoms with van der Waals surface area (Å²) in [5, 5.41) is 0. The quantitative estimate of drug-likeness (QED) is 0.543. The highest BCUT2D eigenvalue weighted by Crippen LogP contribution is 2.47. The third-order valence-corrected chi connectivity index (χ3v) is 3.62. The molecule has 0 aromatic carbocycles. The molecule has 1 fully saturated rings. The number of hydrogen-bond donors (Lipinski definition) is 0. The Labute approximate surface area is 78.8 Å². The SMILES string of the molecule is CC.CC[C@H]1CCC(C)(C)[C@H]1C. The summed E-state index contributed by atoms with van der Waals surface area (Å²) in [7, 11) is 0. The lowest BCUT2D eigenvalue weighted by Crippen LogP contribution is -2.18. The molecule has 0 radical (unpaired) electrons. The van der Waals surface area contributed by atoms with Gasteiger partial charge in [0.2, 0.25) is 0 Å². The van der Waals surface area contributed by atoms with Crippen LogP contribution in [0.5, 0.6) is 0 Å². The lowest BCUT2D eigenvalue weighted by molar-refractivity contribution is 0.236. The first-order valence-corrected chi connectivity index (χ1v) is 5.58. The normalized spacial score (nSPS) is 32.5. The summed E-state index contributed by atoms with van der Waals surface area (Å²) < 4.78 is 0. The Morgan fingerprint density at radius 1 is 1.25 bits per heavy atom. The molecule has 0 saturated heterocycles. The Kier molecular flexibility index (Phi) is 4.89. The molecular weight excluding hydrogens is 144 g/mol. The van der Waals surface area contributed by atoms with Crippen molar-refractivity contribution in [3.63, 3.8) is 0 Å². The minimum Gasteiger partial charge on any atom is -0.0683 e. The molecule has 0 amide bonds. The maximum atomic E-state index is 2.42. The second-order valence-electron chi connectivity index (χ2n) is 4.48. The zero-order valence-electron chi connectivity index (χ0n) is 9.78. The molecule has 1 aliphatic rings. The van der Waals surface area contributed by atoms with Gasteiger partial charge in [0.15, 0.2) is 0 Å². The van der Waals surface area contributed by atoms with Gasteiger partial charge in [-0.2, -0.15) is 0 Å². The van der Waals surface area contributed by atoms with Gasteiger partial charge in [0.25, 0.3) is 0 Å². The molecule has 74 valence electrons. The van der Waals surface area contributed by atoms with E-state index in [1.165, 1.54) is 19.3 Å². The molecule has 1 rings (SSSR count). The van der Waals surface area contributed by atoms with Gasteiger partial charge < -0.3 is 0 Å². The Balaban J connectivity index is 0.000000561. The van der Waals surface area contributed by atoms with Gasteiger partial charge in [-0.15, -0.1) is 0 Å². The van der Waals surface area contributed by atoms with Gasteiger partial charge in [0, 0.05) is 0 Å². The van der Waals surface area contributed by atoms with Crippen molar-refractivity contribution in [1.29, 1.82) is 0 Å². The molecule has 0 unspecified atom stereocenters. The van der Waals surface area contributed by atoms with Gasteiger partial charge >= 0.3 is 0 Å². The highest BCUT2D eigenvalue weighted by atomic mass is 14.4. The van der Waals surface area contributed by atoms with E-state index >= 15 is 0 Å². The molecule has 0 nitrogen and oxygen atoms in total. The van der Waals surface area contributed by atoms with E-state index in [1.54, 1.807) is 0 Å². The van der Waals surface area contributed by atoms with Crippen LogP contribution >= 0.6 is 0 Å². The molecule has 0 spiro atoms. The highest BCUT2D eigenvalue weighted by molar-refractivity contribution is 4.87. The second-order valence-corrected chi connectivity index (χ2v) is 4.48. The molecule has 0 aromatic rings. The lowest BCUT2D eigenvalue weighted by atomic mass is 9.79. The van der Waals surface area contributed by atoms with E-state index in [1.807, 2.05) is 13.8 Å². The molecule has 1 saturated carbocycles. The molecular formula is C12H26. The van der Waals surface area contributed by atoms with Crippen LogP contribution in [0.25, 0.3) is 0 Å². The van der Waals surface area contributed by atoms with Crippen molar-refractivity contribution < 1.29 is 0 Å². The molecule has 0 N–H and O–H groups in total. The van der Waals surface area contributed by atoms with E-state index in [9.17, 15) is 0 Å². The minimum absolute atomic E-state index is 0.626. The van der Waals surface area contributed by atoms with Crippen molar-refractivity contribution in [2.24, 2.45) is 17.3 Å². The summed E-state index contributed by atoms with van der Waals surface area (Å²) >= 11 is 0. The maximum absolute atomic E-state index is 2.42. The zero-order chi connectivity index (χ0) is 9.78. The molecule has 1 aliphatic carbocycles. The average molecular weight is 170 g/mol. The first-order chi connectivity index (χ1) is 5.58. The van der Waals surface area contributed by atoms with Gasteiger partial charge in [-0.05, 0) is 30.1 Å². The van der Waals surface area contributed by atoms with Gasteiger partial charge in [-0.3, -0.25) is 0 Å². The third-order valence-electron chi connectivity index (χ3n) is 3.62. The molecule has 12 heavy (non-hydrogen) atoms. The topological polar surface area (TPSA) is 0 Å². The van der Waals surface area contributed by atoms with Crippen LogP contribution in [0.1, 0.15) is 60.8 Å². The van der Waals surface area contributed by atoms with Gasteiger partial charge in [-0.1, -0.05) is 48.0 Å². The lowest BCUT2D eigenvalue weighted by Gasteiger charge is -2.26. The Morgan fingerprint density at radius 2 is 1.75 bits per heavy atom. The molecule has 0 heterocycles. The monoisotopic (exact) mass is 170 g/mol. The van der Waals surface area contributed by atoms with E-state index in [0.717, 1.165) is 11.8 Å². The summed E-state index contributed by atoms with van der Waals surface area (Å²) in [6, 6.07) is 0. The Morgan fingerprint density at radius 3 is 1.92 bits per heavy atom. The summed E-state index contributed by atoms with van der Waals surface area (Å²) in [6.45, 7) is 13.6. The van der Waals surface area contributed by atoms with Crippen LogP contribution in [0.4, 0.5) is 0 Å². The van der Waals surface area contributed by atoms with Crippen molar-refractivity contribution in [3.8, 4) is 0 Å². The fourth-order valence-electron chi connectivity index (χ4n) is 2.23. The first-order valence-electron chi connectivity index (χ1n) is 5.58. The van der Waals surface area contributed by atoms with Crippen LogP contribution in [-0.2, 0) is 0 Å². The van der Waals surface area contributed by atoms with Crippen molar-refractivity contribution >= 4 is 0 Å². The maximum Gasteiger partial charge on any atom is -0.0326 e. The van der Waals surface area contributed by atoms with E-state index in [4.69, 9.17) is 0 Å². The standard InChI is InChI=1S/C10H20.C2H6/c1-5-9-6-7-10(3,4)8(9)2;1-2/h8-9H,5-7H2,1-4H3;1-2H3/t8-,9-;/m0./s1. The van der Waals surface area contributed by atoms with Crippen LogP contribution in [-0.4, -0.2) is 0 Å². The van der Waals surface area contributed by atoms with Crippen molar-refractivity contribution in [2.75, 3.05) is 0 Å². The van der Waals surface area contributed by atoms with E-state index in [-0.39, 0.29) is 0 Å². The fraction of sp³-hybridized carbons (Fsp3) is 1.00. The molecule has 0 heteroatoms. The largest absolute Gasteiger partial charge is 0.0683 e. The predicted octanol–water partition coefficient (Wildman–Crippen LogP) is 4.49. The van der Waals surface area contributed by atoms with Gasteiger partial charge in [0.1, 0.15) is 0 Å². The Bertz CT molecular complexity index is 113. The summed E-state index contributed by atoms with van der Waals surface area (Å²) in [6.07, 6.45) is 4.28. The zero-order valence-corrected chi connectivity index (χ0v) is 9.78. The first kappa shape index (κ1) is 12.0. The van der Waals surface area contributed by atoms with Crippen LogP contribution in [0.3, 0.4) is 0 Å². The number of hydrogen-bond acceptors (Lipinski definition) is 0. The minimum atomic E-state index is 0.626. The fourth-order valence-corrected chi connectivity index (χ4v) is 2.23. The second kappa shape index (κ2) is 4.89. The molecule has 0 aromatic heterocycles. The van der Waals surface area contributed by atoms with E-state index < -0.39 is 0 Å². The van der Waals surface area contributed by atoms with Crippen molar-refractivity contribution in [1.82, 2.24) is 0 Å². The van der Waals surface area contributed by atoms with Crippen LogP contribution in [0.15, 0.2) is 0 Å². The van der Waals surface area contributed by atoms with Crippen LogP contribution in [0.2, 0.25) is 0 Å². The van der Waals surface area contributed by atoms with E-state index in [0.29, 0.717) is 5.41 Å².